The summed E-state index contributed by atoms with van der Waals surface area (Å²) >= 11 is 0. The Morgan fingerprint density at radius 2 is 1.69 bits per heavy atom. The van der Waals surface area contributed by atoms with Crippen molar-refractivity contribution >= 4 is 17.7 Å². The summed E-state index contributed by atoms with van der Waals surface area (Å²) in [5.41, 5.74) is 5.51. The van der Waals surface area contributed by atoms with E-state index in [0.717, 1.165) is 37.8 Å². The second-order valence-electron chi connectivity index (χ2n) is 6.90. The van der Waals surface area contributed by atoms with Crippen LogP contribution in [0.15, 0.2) is 12.1 Å². The van der Waals surface area contributed by atoms with Crippen molar-refractivity contribution in [1.29, 1.82) is 0 Å². The van der Waals surface area contributed by atoms with Gasteiger partial charge in [-0.25, -0.2) is 8.78 Å². The number of hydrogen-bond donors (Lipinski definition) is 4. The van der Waals surface area contributed by atoms with Gasteiger partial charge in [-0.3, -0.25) is 14.4 Å². The molecule has 162 valence electrons. The summed E-state index contributed by atoms with van der Waals surface area (Å²) in [4.78, 5) is 35.4. The molecule has 0 radical (unpaired) electrons. The Balaban J connectivity index is 2.40. The molecule has 5 N–H and O–H groups in total. The second kappa shape index (κ2) is 12.7. The van der Waals surface area contributed by atoms with Crippen molar-refractivity contribution in [2.75, 3.05) is 6.54 Å². The van der Waals surface area contributed by atoms with Crippen molar-refractivity contribution < 1.29 is 28.3 Å². The standard InChI is InChI=1S/C20H29F2N3O4/c1-2-3-4-5-6-7-17(26)25-16(20(23)29)12-18(27)24-9-8-13-10-14(21)19(28)15(22)11-13/h10-11,16,28H,2-9,12H2,1H3,(H2,23,29)(H,24,27)(H,25,26). The zero-order chi connectivity index (χ0) is 21.8. The number of phenolic OH excluding ortho intramolecular Hbond substituents is 1. The monoisotopic (exact) mass is 413 g/mol. The number of carbonyl (C=O) groups excluding carboxylic acids is 3. The van der Waals surface area contributed by atoms with Crippen LogP contribution in [-0.4, -0.2) is 35.4 Å². The third kappa shape index (κ3) is 9.36. The Labute approximate surface area is 169 Å². The molecule has 0 heterocycles. The Hall–Kier alpha value is -2.71. The van der Waals surface area contributed by atoms with E-state index in [9.17, 15) is 23.2 Å². The van der Waals surface area contributed by atoms with Gasteiger partial charge in [-0.15, -0.1) is 0 Å². The summed E-state index contributed by atoms with van der Waals surface area (Å²) in [5, 5.41) is 14.0. The highest BCUT2D eigenvalue weighted by Crippen LogP contribution is 2.21. The van der Waals surface area contributed by atoms with Gasteiger partial charge in [0.15, 0.2) is 17.4 Å². The average Bonchev–Trinajstić information content (AvgIpc) is 2.65. The summed E-state index contributed by atoms with van der Waals surface area (Å²) in [5.74, 6) is -4.91. The molecule has 29 heavy (non-hydrogen) atoms. The van der Waals surface area contributed by atoms with Gasteiger partial charge < -0.3 is 21.5 Å². The number of benzene rings is 1. The first-order chi connectivity index (χ1) is 13.7. The third-order valence-electron chi connectivity index (χ3n) is 4.39. The summed E-state index contributed by atoms with van der Waals surface area (Å²) in [7, 11) is 0. The predicted molar refractivity (Wildman–Crippen MR) is 104 cm³/mol. The van der Waals surface area contributed by atoms with Crippen molar-refractivity contribution in [1.82, 2.24) is 10.6 Å². The van der Waals surface area contributed by atoms with Gasteiger partial charge in [0.2, 0.25) is 17.7 Å². The topological polar surface area (TPSA) is 122 Å². The lowest BCUT2D eigenvalue weighted by Crippen LogP contribution is -2.47. The van der Waals surface area contributed by atoms with Crippen LogP contribution in [0, 0.1) is 11.6 Å². The molecule has 1 rings (SSSR count). The summed E-state index contributed by atoms with van der Waals surface area (Å²) in [6.07, 6.45) is 4.91. The lowest BCUT2D eigenvalue weighted by Gasteiger charge is -2.15. The van der Waals surface area contributed by atoms with Gasteiger partial charge in [0, 0.05) is 13.0 Å². The van der Waals surface area contributed by atoms with Crippen molar-refractivity contribution in [3.05, 3.63) is 29.3 Å². The van der Waals surface area contributed by atoms with E-state index in [2.05, 4.69) is 17.6 Å². The molecule has 7 nitrogen and oxygen atoms in total. The third-order valence-corrected chi connectivity index (χ3v) is 4.39. The van der Waals surface area contributed by atoms with Crippen molar-refractivity contribution in [3.63, 3.8) is 0 Å². The van der Waals surface area contributed by atoms with Gasteiger partial charge in [0.25, 0.3) is 0 Å². The van der Waals surface area contributed by atoms with Gasteiger partial charge >= 0.3 is 0 Å². The second-order valence-corrected chi connectivity index (χ2v) is 6.90. The maximum Gasteiger partial charge on any atom is 0.240 e. The predicted octanol–water partition coefficient (Wildman–Crippen LogP) is 2.05. The van der Waals surface area contributed by atoms with Gasteiger partial charge in [-0.05, 0) is 30.5 Å². The molecule has 9 heteroatoms. The van der Waals surface area contributed by atoms with Crippen LogP contribution in [0.3, 0.4) is 0 Å². The highest BCUT2D eigenvalue weighted by atomic mass is 19.1. The maximum absolute atomic E-state index is 13.3. The number of primary amides is 1. The van der Waals surface area contributed by atoms with Crippen molar-refractivity contribution in [2.24, 2.45) is 5.73 Å². The van der Waals surface area contributed by atoms with E-state index in [1.54, 1.807) is 0 Å². The fourth-order valence-corrected chi connectivity index (χ4v) is 2.74. The number of unbranched alkanes of at least 4 members (excludes halogenated alkanes) is 4. The molecular weight excluding hydrogens is 384 g/mol. The molecule has 0 saturated carbocycles. The average molecular weight is 413 g/mol. The first kappa shape index (κ1) is 24.3. The number of carbonyl (C=O) groups is 3. The SMILES string of the molecule is CCCCCCCC(=O)NC(CC(=O)NCCc1cc(F)c(O)c(F)c1)C(N)=O. The van der Waals surface area contributed by atoms with Crippen LogP contribution in [0.2, 0.25) is 0 Å². The number of amides is 3. The molecule has 3 amide bonds. The zero-order valence-corrected chi connectivity index (χ0v) is 16.6. The first-order valence-corrected chi connectivity index (χ1v) is 9.76. The molecule has 0 aromatic heterocycles. The molecular formula is C20H29F2N3O4. The number of nitrogens with two attached hydrogens (primary N) is 1. The Morgan fingerprint density at radius 1 is 1.07 bits per heavy atom. The molecule has 0 aliphatic heterocycles. The van der Waals surface area contributed by atoms with E-state index in [1.165, 1.54) is 0 Å². The highest BCUT2D eigenvalue weighted by Gasteiger charge is 2.21. The van der Waals surface area contributed by atoms with E-state index in [-0.39, 0.29) is 37.3 Å². The van der Waals surface area contributed by atoms with Crippen LogP contribution < -0.4 is 16.4 Å². The quantitative estimate of drug-likeness (QED) is 0.370. The zero-order valence-electron chi connectivity index (χ0n) is 16.6. The van der Waals surface area contributed by atoms with Crippen LogP contribution in [0.25, 0.3) is 0 Å². The van der Waals surface area contributed by atoms with E-state index in [1.807, 2.05) is 0 Å². The van der Waals surface area contributed by atoms with E-state index in [0.29, 0.717) is 6.42 Å². The first-order valence-electron chi connectivity index (χ1n) is 9.76. The smallest absolute Gasteiger partial charge is 0.240 e. The van der Waals surface area contributed by atoms with E-state index < -0.39 is 35.2 Å². The van der Waals surface area contributed by atoms with Gasteiger partial charge in [-0.1, -0.05) is 32.6 Å². The molecule has 0 saturated heterocycles. The fourth-order valence-electron chi connectivity index (χ4n) is 2.74. The largest absolute Gasteiger partial charge is 0.503 e. The van der Waals surface area contributed by atoms with Crippen LogP contribution >= 0.6 is 0 Å². The molecule has 0 aliphatic carbocycles. The number of nitrogens with one attached hydrogen (secondary N) is 2. The number of aromatic hydroxyl groups is 1. The van der Waals surface area contributed by atoms with Crippen LogP contribution in [0.1, 0.15) is 57.4 Å². The Morgan fingerprint density at radius 3 is 2.28 bits per heavy atom. The van der Waals surface area contributed by atoms with E-state index in [4.69, 9.17) is 10.8 Å². The minimum atomic E-state index is -1.12. The minimum absolute atomic E-state index is 0.0549. The molecule has 0 bridgehead atoms. The summed E-state index contributed by atoms with van der Waals surface area (Å²) < 4.78 is 26.6. The van der Waals surface area contributed by atoms with Crippen molar-refractivity contribution in [3.8, 4) is 5.75 Å². The molecule has 1 unspecified atom stereocenters. The normalized spacial score (nSPS) is 11.7. The highest BCUT2D eigenvalue weighted by molar-refractivity contribution is 5.91. The Bertz CT molecular complexity index is 690. The Kier molecular flexibility index (Phi) is 10.6. The van der Waals surface area contributed by atoms with Crippen LogP contribution in [-0.2, 0) is 20.8 Å². The molecule has 1 atom stereocenters. The summed E-state index contributed by atoms with van der Waals surface area (Å²) in [6, 6.07) is 0.816. The fraction of sp³-hybridized carbons (Fsp3) is 0.550. The molecule has 0 spiro atoms. The molecule has 0 aliphatic rings. The van der Waals surface area contributed by atoms with Gasteiger partial charge in [0.05, 0.1) is 6.42 Å². The number of phenols is 1. The minimum Gasteiger partial charge on any atom is -0.503 e. The molecule has 1 aromatic rings. The van der Waals surface area contributed by atoms with Crippen molar-refractivity contribution in [2.45, 2.75) is 64.3 Å². The lowest BCUT2D eigenvalue weighted by atomic mass is 10.1. The van der Waals surface area contributed by atoms with Gasteiger partial charge in [0.1, 0.15) is 6.04 Å². The van der Waals surface area contributed by atoms with E-state index >= 15 is 0 Å². The summed E-state index contributed by atoms with van der Waals surface area (Å²) in [6.45, 7) is 2.15. The maximum atomic E-state index is 13.3. The lowest BCUT2D eigenvalue weighted by molar-refractivity contribution is -0.130. The van der Waals surface area contributed by atoms with Crippen LogP contribution in [0.5, 0.6) is 5.75 Å². The van der Waals surface area contributed by atoms with Crippen LogP contribution in [0.4, 0.5) is 8.78 Å². The number of rotatable bonds is 13. The number of hydrogen-bond acceptors (Lipinski definition) is 4. The molecule has 0 fully saturated rings. The molecule has 1 aromatic carbocycles. The number of halogens is 2. The van der Waals surface area contributed by atoms with Gasteiger partial charge in [-0.2, -0.15) is 0 Å².